The number of aryl methyl sites for hydroxylation is 1. The summed E-state index contributed by atoms with van der Waals surface area (Å²) in [5.41, 5.74) is 2.05. The average molecular weight is 468 g/mol. The van der Waals surface area contributed by atoms with Gasteiger partial charge in [-0.05, 0) is 38.2 Å². The molecule has 1 aliphatic heterocycles. The van der Waals surface area contributed by atoms with E-state index >= 15 is 0 Å². The van der Waals surface area contributed by atoms with Crippen molar-refractivity contribution < 1.29 is 19.2 Å². The van der Waals surface area contributed by atoms with Gasteiger partial charge >= 0.3 is 0 Å². The fraction of sp³-hybridized carbons (Fsp3) is 0.556. The highest BCUT2D eigenvalue weighted by Crippen LogP contribution is 2.35. The van der Waals surface area contributed by atoms with E-state index < -0.39 is 6.04 Å². The van der Waals surface area contributed by atoms with Crippen LogP contribution in [0.5, 0.6) is 0 Å². The highest BCUT2D eigenvalue weighted by Gasteiger charge is 2.47. The number of amides is 4. The quantitative estimate of drug-likeness (QED) is 0.307. The zero-order valence-corrected chi connectivity index (χ0v) is 20.6. The van der Waals surface area contributed by atoms with Crippen molar-refractivity contribution in [3.05, 3.63) is 47.5 Å². The number of carbonyl (C=O) groups is 4. The molecule has 1 fully saturated rings. The van der Waals surface area contributed by atoms with Crippen molar-refractivity contribution in [3.8, 4) is 0 Å². The van der Waals surface area contributed by atoms with Gasteiger partial charge in [0.25, 0.3) is 0 Å². The fourth-order valence-corrected chi connectivity index (χ4v) is 4.76. The first-order chi connectivity index (χ1) is 16.4. The van der Waals surface area contributed by atoms with E-state index in [-0.39, 0.29) is 48.4 Å². The van der Waals surface area contributed by atoms with Gasteiger partial charge < -0.3 is 10.2 Å². The minimum absolute atomic E-state index is 0.00888. The molecular weight excluding hydrogens is 430 g/mol. The molecule has 0 aromatic heterocycles. The van der Waals surface area contributed by atoms with Crippen LogP contribution in [0.4, 0.5) is 0 Å². The third kappa shape index (κ3) is 5.93. The Morgan fingerprint density at radius 3 is 2.24 bits per heavy atom. The number of nitrogens with one attached hydrogen (secondary N) is 1. The monoisotopic (exact) mass is 467 g/mol. The van der Waals surface area contributed by atoms with Crippen LogP contribution in [-0.4, -0.2) is 52.6 Å². The number of nitrogens with zero attached hydrogens (tertiary/aromatic N) is 2. The zero-order valence-electron chi connectivity index (χ0n) is 20.6. The highest BCUT2D eigenvalue weighted by molar-refractivity contribution is 6.05. The molecule has 184 valence electrons. The van der Waals surface area contributed by atoms with E-state index in [2.05, 4.69) is 12.2 Å². The number of rotatable bonds is 11. The molecule has 0 spiro atoms. The van der Waals surface area contributed by atoms with Crippen molar-refractivity contribution in [3.63, 3.8) is 0 Å². The van der Waals surface area contributed by atoms with E-state index in [0.717, 1.165) is 24.0 Å². The third-order valence-electron chi connectivity index (χ3n) is 6.84. The van der Waals surface area contributed by atoms with Crippen molar-refractivity contribution in [1.82, 2.24) is 15.1 Å². The first kappa shape index (κ1) is 25.7. The predicted molar refractivity (Wildman–Crippen MR) is 130 cm³/mol. The summed E-state index contributed by atoms with van der Waals surface area (Å²) in [6.45, 7) is 6.89. The molecule has 1 aromatic carbocycles. The number of allylic oxidation sites excluding steroid dienone is 2. The molecule has 0 unspecified atom stereocenters. The second kappa shape index (κ2) is 12.0. The van der Waals surface area contributed by atoms with E-state index in [1.807, 2.05) is 50.3 Å². The molecule has 1 aromatic rings. The minimum Gasteiger partial charge on any atom is -0.354 e. The minimum atomic E-state index is -0.609. The van der Waals surface area contributed by atoms with E-state index in [1.165, 1.54) is 4.90 Å². The summed E-state index contributed by atoms with van der Waals surface area (Å²) in [6.07, 6.45) is 7.40. The van der Waals surface area contributed by atoms with Crippen molar-refractivity contribution >= 4 is 23.6 Å². The summed E-state index contributed by atoms with van der Waals surface area (Å²) >= 11 is 0. The van der Waals surface area contributed by atoms with Crippen LogP contribution in [0.15, 0.2) is 36.4 Å². The number of carbonyl (C=O) groups excluding carboxylic acids is 4. The lowest BCUT2D eigenvalue weighted by atomic mass is 9.85. The molecule has 4 amide bonds. The number of hydrogen-bond donors (Lipinski definition) is 1. The van der Waals surface area contributed by atoms with Crippen LogP contribution in [0, 0.1) is 18.8 Å². The first-order valence-corrected chi connectivity index (χ1v) is 12.5. The Labute approximate surface area is 202 Å². The summed E-state index contributed by atoms with van der Waals surface area (Å²) < 4.78 is 0. The maximum atomic E-state index is 13.4. The Hall–Kier alpha value is -2.96. The van der Waals surface area contributed by atoms with Crippen LogP contribution in [0.3, 0.4) is 0 Å². The second-order valence-corrected chi connectivity index (χ2v) is 9.31. The van der Waals surface area contributed by atoms with Crippen LogP contribution in [0.2, 0.25) is 0 Å². The van der Waals surface area contributed by atoms with Gasteiger partial charge in [-0.25, -0.2) is 0 Å². The summed E-state index contributed by atoms with van der Waals surface area (Å²) in [4.78, 5) is 54.8. The van der Waals surface area contributed by atoms with E-state index in [0.29, 0.717) is 32.4 Å². The van der Waals surface area contributed by atoms with E-state index in [9.17, 15) is 19.2 Å². The molecule has 1 aliphatic carbocycles. The van der Waals surface area contributed by atoms with Gasteiger partial charge in [0.05, 0.1) is 11.8 Å². The van der Waals surface area contributed by atoms with Gasteiger partial charge in [0.1, 0.15) is 6.04 Å². The molecule has 1 saturated heterocycles. The fourth-order valence-electron chi connectivity index (χ4n) is 4.76. The van der Waals surface area contributed by atoms with Crippen molar-refractivity contribution in [1.29, 1.82) is 0 Å². The van der Waals surface area contributed by atoms with Gasteiger partial charge in [-0.15, -0.1) is 0 Å². The molecule has 3 atom stereocenters. The van der Waals surface area contributed by atoms with Gasteiger partial charge in [0.2, 0.25) is 23.6 Å². The number of likely N-dealkylation sites (tertiary alicyclic amines) is 1. The topological polar surface area (TPSA) is 86.8 Å². The standard InChI is InChI=1S/C27H37N3O4/c1-4-6-16-28-25(32)23(5-2)30(18-20-13-11-19(3)12-14-20)24(31)15-17-29-26(33)21-9-7-8-10-22(21)27(29)34/h7-8,11-14,21-23H,4-6,9-10,15-18H2,1-3H3,(H,28,32)/t21-,22+,23-/m1/s1. The van der Waals surface area contributed by atoms with Gasteiger partial charge in [0.15, 0.2) is 0 Å². The van der Waals surface area contributed by atoms with Crippen LogP contribution in [0.1, 0.15) is 63.5 Å². The molecule has 7 heteroatoms. The molecule has 0 radical (unpaired) electrons. The lowest BCUT2D eigenvalue weighted by molar-refractivity contribution is -0.144. The maximum Gasteiger partial charge on any atom is 0.242 e. The van der Waals surface area contributed by atoms with Gasteiger partial charge in [-0.3, -0.25) is 24.1 Å². The molecule has 3 rings (SSSR count). The Balaban J connectivity index is 1.72. The van der Waals surface area contributed by atoms with Crippen LogP contribution < -0.4 is 5.32 Å². The summed E-state index contributed by atoms with van der Waals surface area (Å²) in [7, 11) is 0. The summed E-state index contributed by atoms with van der Waals surface area (Å²) in [5.74, 6) is -1.36. The molecule has 1 heterocycles. The number of unbranched alkanes of at least 4 members (excludes halogenated alkanes) is 1. The molecule has 2 aliphatic rings. The summed E-state index contributed by atoms with van der Waals surface area (Å²) in [5, 5.41) is 2.95. The van der Waals surface area contributed by atoms with Gasteiger partial charge in [-0.2, -0.15) is 0 Å². The SMILES string of the molecule is CCCCNC(=O)[C@@H](CC)N(Cc1ccc(C)cc1)C(=O)CCN1C(=O)[C@H]2CC=CC[C@H]2C1=O. The maximum absolute atomic E-state index is 13.4. The largest absolute Gasteiger partial charge is 0.354 e. The average Bonchev–Trinajstić information content (AvgIpc) is 3.08. The zero-order chi connectivity index (χ0) is 24.7. The number of fused-ring (bicyclic) bond motifs is 1. The Bertz CT molecular complexity index is 898. The Morgan fingerprint density at radius 2 is 1.68 bits per heavy atom. The highest BCUT2D eigenvalue weighted by atomic mass is 16.2. The number of benzene rings is 1. The lowest BCUT2D eigenvalue weighted by Crippen LogP contribution is -2.49. The third-order valence-corrected chi connectivity index (χ3v) is 6.84. The van der Waals surface area contributed by atoms with Crippen LogP contribution >= 0.6 is 0 Å². The van der Waals surface area contributed by atoms with E-state index in [1.54, 1.807) is 4.90 Å². The number of hydrogen-bond acceptors (Lipinski definition) is 4. The lowest BCUT2D eigenvalue weighted by Gasteiger charge is -2.31. The summed E-state index contributed by atoms with van der Waals surface area (Å²) in [6, 6.07) is 7.28. The normalized spacial score (nSPS) is 20.3. The Morgan fingerprint density at radius 1 is 1.06 bits per heavy atom. The van der Waals surface area contributed by atoms with Crippen LogP contribution in [0.25, 0.3) is 0 Å². The predicted octanol–water partition coefficient (Wildman–Crippen LogP) is 3.36. The van der Waals surface area contributed by atoms with Crippen molar-refractivity contribution in [2.75, 3.05) is 13.1 Å². The molecule has 0 bridgehead atoms. The smallest absolute Gasteiger partial charge is 0.242 e. The molecular formula is C27H37N3O4. The molecule has 0 saturated carbocycles. The van der Waals surface area contributed by atoms with E-state index in [4.69, 9.17) is 0 Å². The molecule has 7 nitrogen and oxygen atoms in total. The van der Waals surface area contributed by atoms with Crippen molar-refractivity contribution in [2.45, 2.75) is 71.9 Å². The van der Waals surface area contributed by atoms with Gasteiger partial charge in [-0.1, -0.05) is 62.2 Å². The van der Waals surface area contributed by atoms with Crippen molar-refractivity contribution in [2.24, 2.45) is 11.8 Å². The Kier molecular flexibility index (Phi) is 9.02. The first-order valence-electron chi connectivity index (χ1n) is 12.5. The molecule has 34 heavy (non-hydrogen) atoms. The number of imide groups is 1. The second-order valence-electron chi connectivity index (χ2n) is 9.31. The molecule has 1 N–H and O–H groups in total. The van der Waals surface area contributed by atoms with Crippen LogP contribution in [-0.2, 0) is 25.7 Å². The van der Waals surface area contributed by atoms with Gasteiger partial charge in [0, 0.05) is 26.1 Å².